The van der Waals surface area contributed by atoms with Crippen molar-refractivity contribution in [1.82, 2.24) is 0 Å². The molecular formula is C21H24O8. The van der Waals surface area contributed by atoms with Crippen molar-refractivity contribution >= 4 is 24.1 Å². The highest BCUT2D eigenvalue weighted by molar-refractivity contribution is 5.98. The summed E-state index contributed by atoms with van der Waals surface area (Å²) in [4.78, 5) is 52.4. The Bertz CT molecular complexity index is 748. The average molecular weight is 404 g/mol. The van der Waals surface area contributed by atoms with Gasteiger partial charge in [-0.05, 0) is 24.2 Å². The minimum absolute atomic E-state index is 0.0431. The smallest absolute Gasteiger partial charge is 0.373 e. The van der Waals surface area contributed by atoms with E-state index in [9.17, 15) is 14.4 Å². The fourth-order valence-corrected chi connectivity index (χ4v) is 4.54. The molecule has 1 aliphatic carbocycles. The number of ether oxygens (including phenoxy) is 3. The van der Waals surface area contributed by atoms with E-state index in [0.29, 0.717) is 0 Å². The molecule has 8 heteroatoms. The molecule has 2 heterocycles. The second-order valence-corrected chi connectivity index (χ2v) is 7.27. The molecule has 3 fully saturated rings. The largest absolute Gasteiger partial charge is 0.469 e. The van der Waals surface area contributed by atoms with Crippen molar-refractivity contribution in [3.63, 3.8) is 0 Å². The Morgan fingerprint density at radius 3 is 2.17 bits per heavy atom. The average Bonchev–Trinajstić information content (AvgIpc) is 3.32. The zero-order valence-electron chi connectivity index (χ0n) is 16.3. The number of carbonyl (C=O) groups is 3. The van der Waals surface area contributed by atoms with Gasteiger partial charge in [-0.15, -0.1) is 13.2 Å². The molecule has 8 unspecified atom stereocenters. The number of cyclic esters (lactones) is 2. The first kappa shape index (κ1) is 22.5. The lowest BCUT2D eigenvalue weighted by atomic mass is 9.86. The van der Waals surface area contributed by atoms with Crippen molar-refractivity contribution in [3.8, 4) is 0 Å². The van der Waals surface area contributed by atoms with Gasteiger partial charge in [-0.1, -0.05) is 31.2 Å². The summed E-state index contributed by atoms with van der Waals surface area (Å²) in [5.41, 5.74) is 0. The standard InChI is InChI=1S/C20H24O6.CO2/c1-5-11-9-12(15(10(11)3)18(21)24-4)7-8-14-17-16(13(6-2)25-14)19(22)26-20(17)23;2-1-3/h5-8,10-17H,1-2,9H2,3-4H3;. The van der Waals surface area contributed by atoms with E-state index in [0.717, 1.165) is 6.42 Å². The molecule has 1 saturated carbocycles. The van der Waals surface area contributed by atoms with Gasteiger partial charge < -0.3 is 14.2 Å². The molecule has 0 aromatic heterocycles. The molecular weight excluding hydrogens is 380 g/mol. The van der Waals surface area contributed by atoms with Crippen LogP contribution in [0.3, 0.4) is 0 Å². The van der Waals surface area contributed by atoms with Crippen molar-refractivity contribution in [2.45, 2.75) is 25.6 Å². The van der Waals surface area contributed by atoms with Crippen LogP contribution in [0.4, 0.5) is 0 Å². The molecule has 0 radical (unpaired) electrons. The third-order valence-electron chi connectivity index (χ3n) is 5.96. The van der Waals surface area contributed by atoms with Crippen LogP contribution in [0, 0.1) is 35.5 Å². The number of methoxy groups -OCH3 is 1. The minimum Gasteiger partial charge on any atom is -0.469 e. The van der Waals surface area contributed by atoms with Gasteiger partial charge in [0.1, 0.15) is 11.8 Å². The highest BCUT2D eigenvalue weighted by atomic mass is 16.6. The molecule has 8 atom stereocenters. The van der Waals surface area contributed by atoms with Gasteiger partial charge in [0.05, 0.1) is 25.2 Å². The predicted molar refractivity (Wildman–Crippen MR) is 97.5 cm³/mol. The Morgan fingerprint density at radius 1 is 1.07 bits per heavy atom. The molecule has 3 rings (SSSR count). The Balaban J connectivity index is 0.000000941. The topological polar surface area (TPSA) is 113 Å². The van der Waals surface area contributed by atoms with Crippen LogP contribution in [0.5, 0.6) is 0 Å². The lowest BCUT2D eigenvalue weighted by molar-refractivity contribution is -0.191. The van der Waals surface area contributed by atoms with Crippen molar-refractivity contribution in [3.05, 3.63) is 37.5 Å². The first-order chi connectivity index (χ1) is 13.8. The van der Waals surface area contributed by atoms with E-state index in [1.807, 2.05) is 19.1 Å². The first-order valence-electron chi connectivity index (χ1n) is 9.26. The number of hydrogen-bond acceptors (Lipinski definition) is 8. The molecule has 3 aliphatic rings. The summed E-state index contributed by atoms with van der Waals surface area (Å²) in [5, 5.41) is 0. The van der Waals surface area contributed by atoms with Crippen LogP contribution in [0.25, 0.3) is 0 Å². The van der Waals surface area contributed by atoms with Gasteiger partial charge in [0.2, 0.25) is 0 Å². The van der Waals surface area contributed by atoms with Crippen LogP contribution in [-0.2, 0) is 38.2 Å². The van der Waals surface area contributed by atoms with Crippen molar-refractivity contribution in [2.75, 3.05) is 7.11 Å². The summed E-state index contributed by atoms with van der Waals surface area (Å²) in [6.07, 6.45) is 6.98. The van der Waals surface area contributed by atoms with Crippen molar-refractivity contribution in [1.29, 1.82) is 0 Å². The van der Waals surface area contributed by atoms with Crippen molar-refractivity contribution in [2.24, 2.45) is 35.5 Å². The monoisotopic (exact) mass is 404 g/mol. The van der Waals surface area contributed by atoms with Gasteiger partial charge in [-0.3, -0.25) is 14.4 Å². The van der Waals surface area contributed by atoms with Gasteiger partial charge in [-0.25, -0.2) is 0 Å². The van der Waals surface area contributed by atoms with Crippen LogP contribution in [0.15, 0.2) is 37.5 Å². The van der Waals surface area contributed by atoms with E-state index in [1.165, 1.54) is 13.2 Å². The van der Waals surface area contributed by atoms with E-state index in [4.69, 9.17) is 23.8 Å². The van der Waals surface area contributed by atoms with Crippen LogP contribution in [0.2, 0.25) is 0 Å². The summed E-state index contributed by atoms with van der Waals surface area (Å²) >= 11 is 0. The van der Waals surface area contributed by atoms with Crippen LogP contribution < -0.4 is 0 Å². The number of rotatable bonds is 5. The summed E-state index contributed by atoms with van der Waals surface area (Å²) < 4.78 is 15.5. The molecule has 8 nitrogen and oxygen atoms in total. The molecule has 29 heavy (non-hydrogen) atoms. The van der Waals surface area contributed by atoms with E-state index in [2.05, 4.69) is 13.2 Å². The van der Waals surface area contributed by atoms with Crippen molar-refractivity contribution < 1.29 is 38.2 Å². The van der Waals surface area contributed by atoms with E-state index < -0.39 is 36.0 Å². The van der Waals surface area contributed by atoms with Gasteiger partial charge in [-0.2, -0.15) is 9.59 Å². The highest BCUT2D eigenvalue weighted by Crippen LogP contribution is 2.45. The third kappa shape index (κ3) is 4.28. The Kier molecular flexibility index (Phi) is 7.42. The number of allylic oxidation sites excluding steroid dienone is 2. The quantitative estimate of drug-likeness (QED) is 0.385. The molecule has 0 spiro atoms. The second-order valence-electron chi connectivity index (χ2n) is 7.27. The van der Waals surface area contributed by atoms with Gasteiger partial charge in [0.15, 0.2) is 0 Å². The number of hydrogen-bond donors (Lipinski definition) is 0. The highest BCUT2D eigenvalue weighted by Gasteiger charge is 2.57. The first-order valence-corrected chi connectivity index (χ1v) is 9.26. The van der Waals surface area contributed by atoms with E-state index in [1.54, 1.807) is 6.08 Å². The molecule has 2 aliphatic heterocycles. The second kappa shape index (κ2) is 9.58. The minimum atomic E-state index is -0.660. The fraction of sp³-hybridized carbons (Fsp3) is 0.524. The van der Waals surface area contributed by atoms with Crippen LogP contribution in [0.1, 0.15) is 13.3 Å². The number of carbonyl (C=O) groups excluding carboxylic acids is 5. The van der Waals surface area contributed by atoms with E-state index in [-0.39, 0.29) is 35.8 Å². The molecule has 0 bridgehead atoms. The zero-order chi connectivity index (χ0) is 21.7. The molecule has 0 aromatic carbocycles. The summed E-state index contributed by atoms with van der Waals surface area (Å²) in [7, 11) is 1.39. The fourth-order valence-electron chi connectivity index (χ4n) is 4.54. The number of fused-ring (bicyclic) bond motifs is 1. The van der Waals surface area contributed by atoms with Gasteiger partial charge in [0.25, 0.3) is 0 Å². The Morgan fingerprint density at radius 2 is 1.66 bits per heavy atom. The predicted octanol–water partition coefficient (Wildman–Crippen LogP) is 1.48. The lowest BCUT2D eigenvalue weighted by Gasteiger charge is -2.19. The molecule has 2 saturated heterocycles. The van der Waals surface area contributed by atoms with Gasteiger partial charge >= 0.3 is 24.1 Å². The molecule has 0 N–H and O–H groups in total. The molecule has 0 amide bonds. The maximum Gasteiger partial charge on any atom is 0.373 e. The van der Waals surface area contributed by atoms with Crippen LogP contribution >= 0.6 is 0 Å². The summed E-state index contributed by atoms with van der Waals surface area (Å²) in [6.45, 7) is 9.55. The maximum atomic E-state index is 12.2. The van der Waals surface area contributed by atoms with Gasteiger partial charge in [0, 0.05) is 0 Å². The molecule has 156 valence electrons. The summed E-state index contributed by atoms with van der Waals surface area (Å²) in [5.74, 6) is -2.66. The zero-order valence-corrected chi connectivity index (χ0v) is 16.3. The normalized spacial score (nSPS) is 37.9. The van der Waals surface area contributed by atoms with E-state index >= 15 is 0 Å². The maximum absolute atomic E-state index is 12.2. The summed E-state index contributed by atoms with van der Waals surface area (Å²) in [6, 6.07) is 0. The molecule has 0 aromatic rings. The Hall–Kier alpha value is -2.83. The van der Waals surface area contributed by atoms with Crippen LogP contribution in [-0.4, -0.2) is 43.4 Å². The Labute approximate surface area is 168 Å². The lowest BCUT2D eigenvalue weighted by Crippen LogP contribution is -2.26. The third-order valence-corrected chi connectivity index (χ3v) is 5.96. The number of esters is 3. The SMILES string of the molecule is C=CC1CC(C=CC2OC(C=C)C3C(=O)OC(=O)C23)C(C(=O)OC)C1C.O=C=O.